The van der Waals surface area contributed by atoms with Crippen LogP contribution in [0.25, 0.3) is 0 Å². The molecule has 104 valence electrons. The first-order chi connectivity index (χ1) is 8.00. The zero-order valence-electron chi connectivity index (χ0n) is 11.1. The van der Waals surface area contributed by atoms with Gasteiger partial charge in [-0.2, -0.15) is 25.7 Å². The molecule has 6 heteroatoms. The summed E-state index contributed by atoms with van der Waals surface area (Å²) in [5.74, 6) is 0. The number of rotatable bonds is 0. The summed E-state index contributed by atoms with van der Waals surface area (Å²) in [6, 6.07) is 0. The Bertz CT molecular complexity index is 161. The van der Waals surface area contributed by atoms with Crippen molar-refractivity contribution in [2.24, 2.45) is 0 Å². The van der Waals surface area contributed by atoms with E-state index in [0.29, 0.717) is 0 Å². The Morgan fingerprint density at radius 1 is 0.778 bits per heavy atom. The van der Waals surface area contributed by atoms with Gasteiger partial charge in [-0.3, -0.25) is 0 Å². The van der Waals surface area contributed by atoms with Gasteiger partial charge in [0.2, 0.25) is 5.69 Å². The van der Waals surface area contributed by atoms with Crippen molar-refractivity contribution in [3.63, 3.8) is 0 Å². The largest absolute Gasteiger partial charge is 2.00 e. The van der Waals surface area contributed by atoms with Gasteiger partial charge in [0.25, 0.3) is 0 Å². The second kappa shape index (κ2) is 14.9. The molecule has 2 aliphatic rings. The maximum Gasteiger partial charge on any atom is 2.00 e. The first-order valence-electron chi connectivity index (χ1n) is 6.42. The van der Waals surface area contributed by atoms with Gasteiger partial charge in [0.1, 0.15) is 0 Å². The van der Waals surface area contributed by atoms with Crippen LogP contribution in [0.5, 0.6) is 0 Å². The molecule has 2 N–H and O–H groups in total. The van der Waals surface area contributed by atoms with Gasteiger partial charge in [-0.15, -0.1) is 0 Å². The molecule has 2 saturated carbocycles. The second-order valence-electron chi connectivity index (χ2n) is 4.37. The smallest absolute Gasteiger partial charge is 0.338 e. The van der Waals surface area contributed by atoms with Crippen LogP contribution < -0.4 is 0 Å². The summed E-state index contributed by atoms with van der Waals surface area (Å²) in [5.41, 5.74) is -3.11. The van der Waals surface area contributed by atoms with Crippen molar-refractivity contribution < 1.29 is 29.3 Å². The van der Waals surface area contributed by atoms with Gasteiger partial charge in [-0.1, -0.05) is 50.8 Å². The molecule has 0 bridgehead atoms. The van der Waals surface area contributed by atoms with Crippen molar-refractivity contribution in [2.45, 2.75) is 64.2 Å². The van der Waals surface area contributed by atoms with Crippen LogP contribution >= 0.6 is 17.9 Å². The molecule has 0 aromatic carbocycles. The van der Waals surface area contributed by atoms with Crippen LogP contribution in [0.4, 0.5) is 0 Å². The van der Waals surface area contributed by atoms with E-state index in [2.05, 4.69) is 36.9 Å². The molecular weight excluding hydrogens is 337 g/mol. The number of thiol groups is 1. The minimum absolute atomic E-state index is 0. The summed E-state index contributed by atoms with van der Waals surface area (Å²) < 4.78 is 0. The molecule has 2 fully saturated rings. The predicted octanol–water partition coefficient (Wildman–Crippen LogP) is 4.43. The molecule has 0 aromatic heterocycles. The minimum atomic E-state index is -3.11. The van der Waals surface area contributed by atoms with Crippen molar-refractivity contribution in [2.75, 3.05) is 0 Å². The predicted molar refractivity (Wildman–Crippen MR) is 82.5 cm³/mol. The Labute approximate surface area is 135 Å². The van der Waals surface area contributed by atoms with Crippen molar-refractivity contribution in [1.29, 1.82) is 0 Å². The van der Waals surface area contributed by atoms with Crippen LogP contribution in [0.15, 0.2) is 0 Å². The van der Waals surface area contributed by atoms with E-state index in [4.69, 9.17) is 9.79 Å². The second-order valence-corrected chi connectivity index (χ2v) is 9.41. The molecule has 0 spiro atoms. The maximum atomic E-state index is 7.87. The van der Waals surface area contributed by atoms with E-state index in [1.807, 2.05) is 0 Å². The Hall–Kier alpha value is 1.54. The van der Waals surface area contributed by atoms with E-state index in [1.165, 1.54) is 64.2 Å². The molecule has 0 aliphatic heterocycles. The summed E-state index contributed by atoms with van der Waals surface area (Å²) in [7, 11) is 0. The van der Waals surface area contributed by atoms with Crippen LogP contribution in [0.2, 0.25) is 0 Å². The van der Waals surface area contributed by atoms with Crippen molar-refractivity contribution in [3.05, 3.63) is 12.8 Å². The third kappa shape index (κ3) is 26.2. The fourth-order valence-corrected chi connectivity index (χ4v) is 1.80. The van der Waals surface area contributed by atoms with Gasteiger partial charge in [-0.25, -0.2) is 0 Å². The van der Waals surface area contributed by atoms with Crippen LogP contribution in [-0.2, 0) is 31.3 Å². The van der Waals surface area contributed by atoms with E-state index in [-0.39, 0.29) is 19.5 Å². The van der Waals surface area contributed by atoms with Crippen molar-refractivity contribution in [3.8, 4) is 0 Å². The van der Waals surface area contributed by atoms with Gasteiger partial charge >= 0.3 is 19.5 Å². The Morgan fingerprint density at radius 3 is 1.06 bits per heavy atom. The summed E-state index contributed by atoms with van der Waals surface area (Å²) in [6.07, 6.45) is 19.0. The average molecular weight is 362 g/mol. The summed E-state index contributed by atoms with van der Waals surface area (Å²) >= 11 is 7.07. The number of hydrogen-bond acceptors (Lipinski definition) is 1. The standard InChI is InChI=1S/2C6H11.H3O2PS2.Zn/c2*1-2-4-6-5-3-1;1-3(2,4)5;/h2*1H,2-6H2;(H3,1,2,4,5);/q2*-1;;+2. The molecule has 0 saturated heterocycles. The van der Waals surface area contributed by atoms with E-state index >= 15 is 0 Å². The molecule has 2 rings (SSSR count). The van der Waals surface area contributed by atoms with Crippen LogP contribution in [-0.4, -0.2) is 9.79 Å². The van der Waals surface area contributed by atoms with Gasteiger partial charge in [-0.05, 0) is 11.8 Å². The van der Waals surface area contributed by atoms with Crippen LogP contribution in [0.3, 0.4) is 0 Å². The molecule has 2 aliphatic carbocycles. The monoisotopic (exact) mass is 360 g/mol. The normalized spacial score (nSPS) is 19.3. The molecule has 0 unspecified atom stereocenters. The third-order valence-corrected chi connectivity index (χ3v) is 2.63. The minimum Gasteiger partial charge on any atom is -0.338 e. The van der Waals surface area contributed by atoms with Gasteiger partial charge in [0.05, 0.1) is 0 Å². The summed E-state index contributed by atoms with van der Waals surface area (Å²) in [4.78, 5) is 15.7. The van der Waals surface area contributed by atoms with Crippen LogP contribution in [0, 0.1) is 12.8 Å². The zero-order chi connectivity index (χ0) is 13.0. The topological polar surface area (TPSA) is 40.5 Å². The van der Waals surface area contributed by atoms with Crippen molar-refractivity contribution in [1.82, 2.24) is 0 Å². The Balaban J connectivity index is 0. The maximum absolute atomic E-state index is 7.87. The molecule has 0 atom stereocenters. The molecule has 0 amide bonds. The molecule has 2 nitrogen and oxygen atoms in total. The first-order valence-corrected chi connectivity index (χ1v) is 10.3. The van der Waals surface area contributed by atoms with E-state index in [9.17, 15) is 0 Å². The van der Waals surface area contributed by atoms with E-state index in [1.54, 1.807) is 0 Å². The Kier molecular flexibility index (Phi) is 18.1. The average Bonchev–Trinajstić information content (AvgIpc) is 2.32. The third-order valence-electron chi connectivity index (χ3n) is 2.63. The van der Waals surface area contributed by atoms with Gasteiger partial charge in [0, 0.05) is 0 Å². The molecular formula is C12H25O2PS2Zn. The molecule has 18 heavy (non-hydrogen) atoms. The molecule has 0 aromatic rings. The fraction of sp³-hybridized carbons (Fsp3) is 0.833. The SMILES string of the molecule is OP(O)(=S)S.[CH-]1CCCCC1.[CH-]1CCCCC1.[Zn+2]. The fourth-order valence-electron chi connectivity index (χ4n) is 1.80. The van der Waals surface area contributed by atoms with Gasteiger partial charge in [0.15, 0.2) is 0 Å². The van der Waals surface area contributed by atoms with Crippen LogP contribution in [0.1, 0.15) is 64.2 Å². The Morgan fingerprint density at radius 2 is 1.00 bits per heavy atom. The number of hydrogen-bond donors (Lipinski definition) is 3. The van der Waals surface area contributed by atoms with E-state index < -0.39 is 5.69 Å². The molecule has 0 heterocycles. The quantitative estimate of drug-likeness (QED) is 0.259. The zero-order valence-corrected chi connectivity index (χ0v) is 16.7. The van der Waals surface area contributed by atoms with Gasteiger partial charge < -0.3 is 22.6 Å². The van der Waals surface area contributed by atoms with Crippen molar-refractivity contribution >= 4 is 29.7 Å². The first kappa shape index (κ1) is 21.8. The molecule has 0 radical (unpaired) electrons. The summed E-state index contributed by atoms with van der Waals surface area (Å²) in [6.45, 7) is 0. The van der Waals surface area contributed by atoms with E-state index in [0.717, 1.165) is 0 Å². The summed E-state index contributed by atoms with van der Waals surface area (Å²) in [5, 5.41) is 0.